The third-order valence-electron chi connectivity index (χ3n) is 5.49. The Morgan fingerprint density at radius 2 is 2.07 bits per heavy atom. The fraction of sp³-hybridized carbons (Fsp3) is 0.292. The number of carbonyl (C=O) groups is 1. The Hall–Kier alpha value is -2.92. The number of hydrogen-bond acceptors (Lipinski definition) is 4. The molecule has 3 heterocycles. The molecule has 1 saturated heterocycles. The fourth-order valence-corrected chi connectivity index (χ4v) is 4.29. The first kappa shape index (κ1) is 20.4. The molecule has 4 rings (SSSR count). The summed E-state index contributed by atoms with van der Waals surface area (Å²) < 4.78 is 0. The average Bonchev–Trinajstić information content (AvgIpc) is 2.73. The van der Waals surface area contributed by atoms with Crippen molar-refractivity contribution >= 4 is 23.3 Å². The lowest BCUT2D eigenvalue weighted by atomic mass is 9.92. The minimum absolute atomic E-state index is 0.000922. The van der Waals surface area contributed by atoms with Gasteiger partial charge in [-0.25, -0.2) is 4.98 Å². The highest BCUT2D eigenvalue weighted by molar-refractivity contribution is 6.30. The molecule has 3 aromatic rings. The Morgan fingerprint density at radius 1 is 1.20 bits per heavy atom. The van der Waals surface area contributed by atoms with Crippen LogP contribution in [0.2, 0.25) is 5.02 Å². The van der Waals surface area contributed by atoms with Gasteiger partial charge in [0.15, 0.2) is 0 Å². The van der Waals surface area contributed by atoms with E-state index < -0.39 is 0 Å². The third kappa shape index (κ3) is 4.79. The number of carbonyl (C=O) groups excluding carboxylic acids is 1. The maximum absolute atomic E-state index is 12.9. The van der Waals surface area contributed by atoms with E-state index in [-0.39, 0.29) is 11.8 Å². The van der Waals surface area contributed by atoms with Gasteiger partial charge in [-0.05, 0) is 73.7 Å². The number of nitrogen functional groups attached to an aromatic ring is 1. The number of nitrogens with zero attached hydrogens (tertiary/aromatic N) is 3. The number of rotatable bonds is 4. The van der Waals surface area contributed by atoms with Crippen molar-refractivity contribution in [3.05, 3.63) is 87.8 Å². The molecule has 0 unspecified atom stereocenters. The van der Waals surface area contributed by atoms with E-state index in [1.54, 1.807) is 18.3 Å². The monoisotopic (exact) mass is 420 g/mol. The molecule has 154 valence electrons. The number of pyridine rings is 2. The molecule has 0 saturated carbocycles. The molecule has 1 amide bonds. The van der Waals surface area contributed by atoms with Crippen molar-refractivity contribution in [3.8, 4) is 0 Å². The predicted octanol–water partition coefficient (Wildman–Crippen LogP) is 4.63. The molecule has 0 aliphatic carbocycles. The van der Waals surface area contributed by atoms with Crippen LogP contribution >= 0.6 is 11.6 Å². The molecule has 30 heavy (non-hydrogen) atoms. The SMILES string of the molecule is Cc1cc(Cc2cccc(Cl)c2)cc([C@@H]2CCCN(C(=O)c3ccc(N)nc3)C2)n1. The van der Waals surface area contributed by atoms with Gasteiger partial charge in [0.05, 0.1) is 5.56 Å². The van der Waals surface area contributed by atoms with Crippen LogP contribution in [0.1, 0.15) is 51.6 Å². The maximum Gasteiger partial charge on any atom is 0.255 e. The van der Waals surface area contributed by atoms with Crippen LogP contribution in [-0.2, 0) is 6.42 Å². The number of aryl methyl sites for hydroxylation is 1. The number of piperidine rings is 1. The largest absolute Gasteiger partial charge is 0.384 e. The van der Waals surface area contributed by atoms with Crippen molar-refractivity contribution in [2.75, 3.05) is 18.8 Å². The number of nitrogens with two attached hydrogens (primary N) is 1. The normalized spacial score (nSPS) is 16.5. The van der Waals surface area contributed by atoms with E-state index in [0.717, 1.165) is 42.2 Å². The minimum atomic E-state index is -0.000922. The standard InChI is InChI=1S/C24H25ClN4O/c1-16-10-18(11-17-4-2-6-21(25)12-17)13-22(28-16)20-5-3-9-29(15-20)24(30)19-7-8-23(26)27-14-19/h2,4,6-8,10,12-14,20H,3,5,9,11,15H2,1H3,(H2,26,27)/t20-/m1/s1. The molecule has 1 fully saturated rings. The van der Waals surface area contributed by atoms with Gasteiger partial charge in [-0.1, -0.05) is 23.7 Å². The number of likely N-dealkylation sites (tertiary alicyclic amines) is 1. The van der Waals surface area contributed by atoms with Gasteiger partial charge in [0.1, 0.15) is 5.82 Å². The second kappa shape index (κ2) is 8.84. The average molecular weight is 421 g/mol. The summed E-state index contributed by atoms with van der Waals surface area (Å²) >= 11 is 6.14. The Kier molecular flexibility index (Phi) is 6.00. The van der Waals surface area contributed by atoms with Gasteiger partial charge in [-0.2, -0.15) is 0 Å². The zero-order valence-corrected chi connectivity index (χ0v) is 17.8. The van der Waals surface area contributed by atoms with Gasteiger partial charge >= 0.3 is 0 Å². The van der Waals surface area contributed by atoms with Crippen LogP contribution in [0.3, 0.4) is 0 Å². The summed E-state index contributed by atoms with van der Waals surface area (Å²) in [5, 5.41) is 0.747. The highest BCUT2D eigenvalue weighted by Gasteiger charge is 2.26. The summed E-state index contributed by atoms with van der Waals surface area (Å²) in [6, 6.07) is 15.7. The van der Waals surface area contributed by atoms with Crippen LogP contribution in [-0.4, -0.2) is 33.9 Å². The van der Waals surface area contributed by atoms with Crippen LogP contribution in [0.4, 0.5) is 5.82 Å². The highest BCUT2D eigenvalue weighted by Crippen LogP contribution is 2.28. The molecule has 2 N–H and O–H groups in total. The Labute approximate surface area is 181 Å². The van der Waals surface area contributed by atoms with Gasteiger partial charge < -0.3 is 10.6 Å². The summed E-state index contributed by atoms with van der Waals surface area (Å²) in [4.78, 5) is 23.7. The van der Waals surface area contributed by atoms with Crippen molar-refractivity contribution in [2.24, 2.45) is 0 Å². The molecule has 5 nitrogen and oxygen atoms in total. The van der Waals surface area contributed by atoms with E-state index in [1.807, 2.05) is 30.0 Å². The molecule has 1 aromatic carbocycles. The van der Waals surface area contributed by atoms with Gasteiger partial charge in [0.25, 0.3) is 5.91 Å². The highest BCUT2D eigenvalue weighted by atomic mass is 35.5. The lowest BCUT2D eigenvalue weighted by Gasteiger charge is -2.33. The second-order valence-electron chi connectivity index (χ2n) is 7.91. The Bertz CT molecular complexity index is 1050. The van der Waals surface area contributed by atoms with Crippen molar-refractivity contribution in [1.29, 1.82) is 0 Å². The van der Waals surface area contributed by atoms with Gasteiger partial charge in [0.2, 0.25) is 0 Å². The zero-order valence-electron chi connectivity index (χ0n) is 17.0. The summed E-state index contributed by atoms with van der Waals surface area (Å²) in [5.41, 5.74) is 10.7. The molecule has 1 atom stereocenters. The molecule has 0 bridgehead atoms. The van der Waals surface area contributed by atoms with Crippen LogP contribution in [0, 0.1) is 6.92 Å². The van der Waals surface area contributed by atoms with Crippen LogP contribution in [0.25, 0.3) is 0 Å². The molecular weight excluding hydrogens is 396 g/mol. The summed E-state index contributed by atoms with van der Waals surface area (Å²) in [7, 11) is 0. The number of aromatic nitrogens is 2. The molecule has 1 aliphatic rings. The molecular formula is C24H25ClN4O. The minimum Gasteiger partial charge on any atom is -0.384 e. The summed E-state index contributed by atoms with van der Waals surface area (Å²) in [5.74, 6) is 0.640. The first-order valence-corrected chi connectivity index (χ1v) is 10.6. The molecule has 1 aliphatic heterocycles. The van der Waals surface area contributed by atoms with Crippen molar-refractivity contribution in [2.45, 2.75) is 32.1 Å². The zero-order chi connectivity index (χ0) is 21.1. The second-order valence-corrected chi connectivity index (χ2v) is 8.35. The lowest BCUT2D eigenvalue weighted by Crippen LogP contribution is -2.39. The van der Waals surface area contributed by atoms with E-state index in [0.29, 0.717) is 17.9 Å². The van der Waals surface area contributed by atoms with Crippen LogP contribution in [0.5, 0.6) is 0 Å². The van der Waals surface area contributed by atoms with Gasteiger partial charge in [-0.3, -0.25) is 9.78 Å². The molecule has 2 aromatic heterocycles. The quantitative estimate of drug-likeness (QED) is 0.667. The number of halogens is 1. The topological polar surface area (TPSA) is 72.1 Å². The fourth-order valence-electron chi connectivity index (χ4n) is 4.08. The number of anilines is 1. The van der Waals surface area contributed by atoms with E-state index in [2.05, 4.69) is 23.2 Å². The van der Waals surface area contributed by atoms with E-state index in [1.165, 1.54) is 11.1 Å². The Balaban J connectivity index is 1.52. The molecule has 0 radical (unpaired) electrons. The smallest absolute Gasteiger partial charge is 0.255 e. The first-order valence-electron chi connectivity index (χ1n) is 10.2. The van der Waals surface area contributed by atoms with Gasteiger partial charge in [0, 0.05) is 41.6 Å². The van der Waals surface area contributed by atoms with Crippen molar-refractivity contribution < 1.29 is 4.79 Å². The van der Waals surface area contributed by atoms with Crippen LogP contribution < -0.4 is 5.73 Å². The predicted molar refractivity (Wildman–Crippen MR) is 120 cm³/mol. The Morgan fingerprint density at radius 3 is 2.83 bits per heavy atom. The number of amides is 1. The van der Waals surface area contributed by atoms with E-state index in [4.69, 9.17) is 22.3 Å². The van der Waals surface area contributed by atoms with Gasteiger partial charge in [-0.15, -0.1) is 0 Å². The maximum atomic E-state index is 12.9. The molecule has 6 heteroatoms. The van der Waals surface area contributed by atoms with Crippen LogP contribution in [0.15, 0.2) is 54.7 Å². The van der Waals surface area contributed by atoms with E-state index >= 15 is 0 Å². The van der Waals surface area contributed by atoms with E-state index in [9.17, 15) is 4.79 Å². The van der Waals surface area contributed by atoms with Crippen molar-refractivity contribution in [3.63, 3.8) is 0 Å². The third-order valence-corrected chi connectivity index (χ3v) is 5.73. The summed E-state index contributed by atoms with van der Waals surface area (Å²) in [6.45, 7) is 3.44. The van der Waals surface area contributed by atoms with Crippen molar-refractivity contribution in [1.82, 2.24) is 14.9 Å². The molecule has 0 spiro atoms. The number of hydrogen-bond donors (Lipinski definition) is 1. The lowest BCUT2D eigenvalue weighted by molar-refractivity contribution is 0.0705. The number of benzene rings is 1. The first-order chi connectivity index (χ1) is 14.5. The summed E-state index contributed by atoms with van der Waals surface area (Å²) in [6.07, 6.45) is 4.34.